The number of hydrogen-bond donors (Lipinski definition) is 1. The predicted molar refractivity (Wildman–Crippen MR) is 113 cm³/mol. The van der Waals surface area contributed by atoms with Crippen molar-refractivity contribution in [3.63, 3.8) is 0 Å². The van der Waals surface area contributed by atoms with Crippen molar-refractivity contribution in [2.75, 3.05) is 17.8 Å². The van der Waals surface area contributed by atoms with Crippen LogP contribution in [0.3, 0.4) is 0 Å². The first-order valence-electron chi connectivity index (χ1n) is 9.15. The maximum atomic E-state index is 12.9. The second-order valence-electron chi connectivity index (χ2n) is 6.85. The number of aryl methyl sites for hydroxylation is 3. The number of benzene rings is 2. The van der Waals surface area contributed by atoms with Crippen LogP contribution in [0.1, 0.15) is 36.1 Å². The Bertz CT molecular complexity index is 1090. The lowest BCUT2D eigenvalue weighted by Gasteiger charge is -2.21. The van der Waals surface area contributed by atoms with E-state index in [9.17, 15) is 16.8 Å². The van der Waals surface area contributed by atoms with Crippen LogP contribution in [0.2, 0.25) is 0 Å². The number of nitrogens with zero attached hydrogens (tertiary/aromatic N) is 1. The molecular formula is C20H28N2O4S2. The van der Waals surface area contributed by atoms with Crippen molar-refractivity contribution in [3.8, 4) is 0 Å². The fraction of sp³-hybridized carbons (Fsp3) is 0.400. The van der Waals surface area contributed by atoms with E-state index < -0.39 is 20.0 Å². The Labute approximate surface area is 168 Å². The quantitative estimate of drug-likeness (QED) is 0.734. The normalized spacial score (nSPS) is 12.4. The summed E-state index contributed by atoms with van der Waals surface area (Å²) in [4.78, 5) is 0.224. The van der Waals surface area contributed by atoms with E-state index >= 15 is 0 Å². The number of hydrogen-bond acceptors (Lipinski definition) is 4. The largest absolute Gasteiger partial charge is 0.279 e. The van der Waals surface area contributed by atoms with E-state index in [4.69, 9.17) is 0 Å². The van der Waals surface area contributed by atoms with Gasteiger partial charge in [0, 0.05) is 13.1 Å². The van der Waals surface area contributed by atoms with E-state index in [-0.39, 0.29) is 15.5 Å². The lowest BCUT2D eigenvalue weighted by molar-refractivity contribution is 0.445. The van der Waals surface area contributed by atoms with Crippen molar-refractivity contribution in [1.82, 2.24) is 4.31 Å². The van der Waals surface area contributed by atoms with Crippen LogP contribution < -0.4 is 4.72 Å². The summed E-state index contributed by atoms with van der Waals surface area (Å²) < 4.78 is 55.4. The average molecular weight is 425 g/mol. The molecule has 2 aromatic rings. The van der Waals surface area contributed by atoms with Gasteiger partial charge in [-0.25, -0.2) is 16.8 Å². The zero-order valence-corrected chi connectivity index (χ0v) is 18.8. The van der Waals surface area contributed by atoms with Crippen molar-refractivity contribution < 1.29 is 16.8 Å². The summed E-state index contributed by atoms with van der Waals surface area (Å²) in [5.74, 6) is 0. The molecule has 154 valence electrons. The minimum atomic E-state index is -3.84. The van der Waals surface area contributed by atoms with Crippen molar-refractivity contribution in [3.05, 3.63) is 52.6 Å². The molecule has 1 N–H and O–H groups in total. The minimum Gasteiger partial charge on any atom is -0.279 e. The van der Waals surface area contributed by atoms with Crippen molar-refractivity contribution in [1.29, 1.82) is 0 Å². The summed E-state index contributed by atoms with van der Waals surface area (Å²) in [6.45, 7) is 11.5. The third kappa shape index (κ3) is 4.39. The molecule has 0 saturated heterocycles. The number of rotatable bonds is 7. The summed E-state index contributed by atoms with van der Waals surface area (Å²) in [6.07, 6.45) is 0. The van der Waals surface area contributed by atoms with E-state index in [0.29, 0.717) is 24.2 Å². The molecule has 8 heteroatoms. The van der Waals surface area contributed by atoms with Crippen LogP contribution in [0, 0.1) is 27.7 Å². The van der Waals surface area contributed by atoms with Crippen LogP contribution in [0.4, 0.5) is 5.69 Å². The van der Waals surface area contributed by atoms with Crippen molar-refractivity contribution in [2.45, 2.75) is 51.3 Å². The zero-order chi connectivity index (χ0) is 21.3. The van der Waals surface area contributed by atoms with Crippen LogP contribution in [-0.2, 0) is 20.0 Å². The molecule has 2 aromatic carbocycles. The van der Waals surface area contributed by atoms with Crippen molar-refractivity contribution in [2.24, 2.45) is 0 Å². The SMILES string of the molecule is CCN(CC)S(=O)(=O)c1cc(C)c(C)c(NS(=O)(=O)c2ccc(C)c(C)c2)c1. The van der Waals surface area contributed by atoms with Gasteiger partial charge in [0.2, 0.25) is 10.0 Å². The van der Waals surface area contributed by atoms with E-state index in [1.165, 1.54) is 10.4 Å². The Morgan fingerprint density at radius 1 is 0.786 bits per heavy atom. The molecular weight excluding hydrogens is 396 g/mol. The van der Waals surface area contributed by atoms with E-state index in [1.807, 2.05) is 13.8 Å². The third-order valence-corrected chi connectivity index (χ3v) is 8.41. The van der Waals surface area contributed by atoms with Gasteiger partial charge in [0.05, 0.1) is 15.5 Å². The van der Waals surface area contributed by atoms with Crippen LogP contribution in [0.5, 0.6) is 0 Å². The molecule has 0 aliphatic rings. The smallest absolute Gasteiger partial charge is 0.261 e. The van der Waals surface area contributed by atoms with Crippen LogP contribution in [0.25, 0.3) is 0 Å². The number of sulfonamides is 2. The Hall–Kier alpha value is -1.90. The van der Waals surface area contributed by atoms with Gasteiger partial charge in [-0.15, -0.1) is 0 Å². The van der Waals surface area contributed by atoms with Gasteiger partial charge in [0.15, 0.2) is 0 Å². The Balaban J connectivity index is 2.54. The molecule has 0 aliphatic heterocycles. The highest BCUT2D eigenvalue weighted by Gasteiger charge is 2.24. The highest BCUT2D eigenvalue weighted by atomic mass is 32.2. The second kappa shape index (κ2) is 8.23. The molecule has 0 radical (unpaired) electrons. The first-order valence-corrected chi connectivity index (χ1v) is 12.1. The summed E-state index contributed by atoms with van der Waals surface area (Å²) in [5, 5.41) is 0. The number of nitrogens with one attached hydrogen (secondary N) is 1. The highest BCUT2D eigenvalue weighted by molar-refractivity contribution is 7.92. The molecule has 2 rings (SSSR count). The molecule has 0 heterocycles. The van der Waals surface area contributed by atoms with Crippen LogP contribution >= 0.6 is 0 Å². The minimum absolute atomic E-state index is 0.0806. The first-order chi connectivity index (χ1) is 12.9. The standard InChI is InChI=1S/C20H28N2O4S2/c1-7-22(8-2)28(25,26)19-12-16(5)17(6)20(13-19)21-27(23,24)18-10-9-14(3)15(4)11-18/h9-13,21H,7-8H2,1-6H3. The molecule has 0 unspecified atom stereocenters. The van der Waals surface area contributed by atoms with Gasteiger partial charge in [-0.05, 0) is 74.2 Å². The summed E-state index contributed by atoms with van der Waals surface area (Å²) in [5.41, 5.74) is 3.52. The van der Waals surface area contributed by atoms with E-state index in [0.717, 1.165) is 11.1 Å². The Morgan fingerprint density at radius 3 is 1.89 bits per heavy atom. The van der Waals surface area contributed by atoms with Gasteiger partial charge in [0.25, 0.3) is 10.0 Å². The van der Waals surface area contributed by atoms with E-state index in [2.05, 4.69) is 4.72 Å². The third-order valence-electron chi connectivity index (χ3n) is 5.02. The average Bonchev–Trinajstić information content (AvgIpc) is 2.61. The molecule has 0 aromatic heterocycles. The molecule has 0 fully saturated rings. The molecule has 0 amide bonds. The lowest BCUT2D eigenvalue weighted by Crippen LogP contribution is -2.30. The molecule has 28 heavy (non-hydrogen) atoms. The Morgan fingerprint density at radius 2 is 1.36 bits per heavy atom. The Kier molecular flexibility index (Phi) is 6.58. The second-order valence-corrected chi connectivity index (χ2v) is 10.5. The van der Waals surface area contributed by atoms with Crippen molar-refractivity contribution >= 4 is 25.7 Å². The topological polar surface area (TPSA) is 83.6 Å². The highest BCUT2D eigenvalue weighted by Crippen LogP contribution is 2.28. The summed E-state index contributed by atoms with van der Waals surface area (Å²) in [7, 11) is -7.54. The molecule has 0 spiro atoms. The summed E-state index contributed by atoms with van der Waals surface area (Å²) >= 11 is 0. The van der Waals surface area contributed by atoms with Crippen LogP contribution in [0.15, 0.2) is 40.1 Å². The fourth-order valence-electron chi connectivity index (χ4n) is 2.88. The summed E-state index contributed by atoms with van der Waals surface area (Å²) in [6, 6.07) is 7.88. The van der Waals surface area contributed by atoms with Crippen LogP contribution in [-0.4, -0.2) is 34.2 Å². The fourth-order valence-corrected chi connectivity index (χ4v) is 5.65. The molecule has 6 nitrogen and oxygen atoms in total. The lowest BCUT2D eigenvalue weighted by atomic mass is 10.1. The monoisotopic (exact) mass is 424 g/mol. The van der Waals surface area contributed by atoms with Gasteiger partial charge in [-0.2, -0.15) is 4.31 Å². The first kappa shape index (κ1) is 22.4. The van der Waals surface area contributed by atoms with Gasteiger partial charge in [0.1, 0.15) is 0 Å². The number of anilines is 1. The molecule has 0 aliphatic carbocycles. The zero-order valence-electron chi connectivity index (χ0n) is 17.2. The van der Waals surface area contributed by atoms with Gasteiger partial charge < -0.3 is 0 Å². The molecule has 0 atom stereocenters. The van der Waals surface area contributed by atoms with Gasteiger partial charge >= 0.3 is 0 Å². The molecule has 0 saturated carbocycles. The van der Waals surface area contributed by atoms with Gasteiger partial charge in [-0.3, -0.25) is 4.72 Å². The maximum Gasteiger partial charge on any atom is 0.261 e. The molecule has 0 bridgehead atoms. The van der Waals surface area contributed by atoms with E-state index in [1.54, 1.807) is 52.0 Å². The van der Waals surface area contributed by atoms with Gasteiger partial charge in [-0.1, -0.05) is 19.9 Å². The predicted octanol–water partition coefficient (Wildman–Crippen LogP) is 3.75. The maximum absolute atomic E-state index is 12.9.